The second-order valence-corrected chi connectivity index (χ2v) is 9.41. The normalized spacial score (nSPS) is 60.9. The van der Waals surface area contributed by atoms with Gasteiger partial charge in [0.15, 0.2) is 0 Å². The highest BCUT2D eigenvalue weighted by Crippen LogP contribution is 2.78. The second-order valence-electron chi connectivity index (χ2n) is 9.41. The third-order valence-electron chi connectivity index (χ3n) is 8.63. The lowest BCUT2D eigenvalue weighted by Crippen LogP contribution is -2.52. The minimum atomic E-state index is -0.910. The van der Waals surface area contributed by atoms with Gasteiger partial charge in [0.2, 0.25) is 0 Å². The van der Waals surface area contributed by atoms with Crippen LogP contribution in [0.5, 0.6) is 0 Å². The van der Waals surface area contributed by atoms with Gasteiger partial charge in [0.05, 0.1) is 29.8 Å². The fraction of sp³-hybridized carbons (Fsp3) is 0.842. The molecular weight excluding hydrogens is 308 g/mol. The van der Waals surface area contributed by atoms with Crippen LogP contribution in [-0.4, -0.2) is 45.2 Å². The highest BCUT2D eigenvalue weighted by molar-refractivity contribution is 5.74. The molecule has 0 unspecified atom stereocenters. The van der Waals surface area contributed by atoms with Gasteiger partial charge in [-0.25, -0.2) is 0 Å². The van der Waals surface area contributed by atoms with Gasteiger partial charge in [0.25, 0.3) is 0 Å². The number of hydrogen-bond donors (Lipinski definition) is 3. The van der Waals surface area contributed by atoms with Crippen molar-refractivity contribution in [2.75, 3.05) is 6.61 Å². The predicted molar refractivity (Wildman–Crippen MR) is 85.1 cm³/mol. The van der Waals surface area contributed by atoms with Crippen molar-refractivity contribution < 1.29 is 24.9 Å². The average molecular weight is 334 g/mol. The molecule has 5 rings (SSSR count). The summed E-state index contributed by atoms with van der Waals surface area (Å²) in [6.45, 7) is 6.54. The summed E-state index contributed by atoms with van der Waals surface area (Å²) in [4.78, 5) is 12.4. The van der Waals surface area contributed by atoms with E-state index < -0.39 is 40.0 Å². The zero-order chi connectivity index (χ0) is 17.1. The highest BCUT2D eigenvalue weighted by Gasteiger charge is 2.81. The fourth-order valence-electron chi connectivity index (χ4n) is 7.77. The molecule has 5 aliphatic rings. The fourth-order valence-corrected chi connectivity index (χ4v) is 7.77. The molecule has 4 aliphatic carbocycles. The number of carboxylic acids is 1. The Hall–Kier alpha value is -0.910. The number of ether oxygens (including phenoxy) is 1. The van der Waals surface area contributed by atoms with Gasteiger partial charge in [0, 0.05) is 11.3 Å². The molecule has 8 atom stereocenters. The summed E-state index contributed by atoms with van der Waals surface area (Å²) in [7, 11) is 0. The molecule has 4 saturated carbocycles. The second kappa shape index (κ2) is 4.08. The summed E-state index contributed by atoms with van der Waals surface area (Å²) in [5.74, 6) is -1.40. The van der Waals surface area contributed by atoms with Gasteiger partial charge in [-0.3, -0.25) is 4.79 Å². The van der Waals surface area contributed by atoms with E-state index in [0.29, 0.717) is 32.3 Å². The Labute approximate surface area is 141 Å². The Morgan fingerprint density at radius 1 is 1.33 bits per heavy atom. The van der Waals surface area contributed by atoms with Crippen molar-refractivity contribution in [2.45, 2.75) is 62.8 Å². The van der Waals surface area contributed by atoms with Crippen LogP contribution in [-0.2, 0) is 9.53 Å². The number of hydrogen-bond acceptors (Lipinski definition) is 4. The van der Waals surface area contributed by atoms with Crippen molar-refractivity contribution in [3.63, 3.8) is 0 Å². The number of aliphatic hydroxyl groups excluding tert-OH is 1. The predicted octanol–water partition coefficient (Wildman–Crippen LogP) is 1.72. The van der Waals surface area contributed by atoms with Gasteiger partial charge in [-0.1, -0.05) is 13.5 Å². The molecule has 5 heteroatoms. The van der Waals surface area contributed by atoms with E-state index in [4.69, 9.17) is 4.74 Å². The minimum Gasteiger partial charge on any atom is -0.481 e. The Kier molecular flexibility index (Phi) is 2.61. The van der Waals surface area contributed by atoms with Crippen molar-refractivity contribution in [2.24, 2.45) is 28.6 Å². The first-order chi connectivity index (χ1) is 11.2. The van der Waals surface area contributed by atoms with Gasteiger partial charge in [-0.05, 0) is 55.4 Å². The maximum atomic E-state index is 12.4. The van der Waals surface area contributed by atoms with Gasteiger partial charge in [-0.2, -0.15) is 0 Å². The first-order valence-corrected chi connectivity index (χ1v) is 9.15. The van der Waals surface area contributed by atoms with Crippen LogP contribution in [0, 0.1) is 28.6 Å². The first kappa shape index (κ1) is 15.4. The van der Waals surface area contributed by atoms with Crippen molar-refractivity contribution in [1.82, 2.24) is 0 Å². The Balaban J connectivity index is 1.73. The standard InChI is InChI=1S/C19H26O5/c1-10-7-17-8-18(10,23)5-3-11(17)19-6-4-12(20)16(2,9-24-19)14(19)13(17)15(21)22/h11-14,20,23H,1,3-9H2,2H3,(H,21,22)/t11-,12+,13-,14-,16+,17+,18+,19-/m1/s1. The summed E-state index contributed by atoms with van der Waals surface area (Å²) in [6, 6.07) is 0. The third kappa shape index (κ3) is 1.36. The summed E-state index contributed by atoms with van der Waals surface area (Å²) < 4.78 is 6.39. The highest BCUT2D eigenvalue weighted by atomic mass is 16.5. The number of carbonyl (C=O) groups is 1. The van der Waals surface area contributed by atoms with Crippen molar-refractivity contribution in [1.29, 1.82) is 0 Å². The Morgan fingerprint density at radius 3 is 2.79 bits per heavy atom. The van der Waals surface area contributed by atoms with Crippen molar-refractivity contribution in [3.8, 4) is 0 Å². The van der Waals surface area contributed by atoms with Crippen LogP contribution in [0.15, 0.2) is 12.2 Å². The van der Waals surface area contributed by atoms with Gasteiger partial charge in [0.1, 0.15) is 0 Å². The number of carboxylic acid groups (broad SMARTS) is 1. The van der Waals surface area contributed by atoms with E-state index >= 15 is 0 Å². The maximum Gasteiger partial charge on any atom is 0.307 e. The third-order valence-corrected chi connectivity index (χ3v) is 8.63. The van der Waals surface area contributed by atoms with E-state index in [9.17, 15) is 20.1 Å². The molecule has 0 amide bonds. The molecule has 1 spiro atoms. The van der Waals surface area contributed by atoms with E-state index in [2.05, 4.69) is 6.58 Å². The SMILES string of the molecule is C=C1C[C@]23C[C@@]1(O)CC[C@H]2[C@@]12CC[C@H](O)[C@](C)(CO1)[C@H]2[C@@H]3C(=O)O. The van der Waals surface area contributed by atoms with Crippen LogP contribution >= 0.6 is 0 Å². The molecule has 1 heterocycles. The molecular formula is C19H26O5. The summed E-state index contributed by atoms with van der Waals surface area (Å²) >= 11 is 0. The Bertz CT molecular complexity index is 656. The number of aliphatic hydroxyl groups is 2. The molecule has 5 fully saturated rings. The number of fused-ring (bicyclic) bond motifs is 1. The molecule has 0 aromatic carbocycles. The molecule has 1 saturated heterocycles. The molecule has 4 bridgehead atoms. The summed E-state index contributed by atoms with van der Waals surface area (Å²) in [5, 5.41) is 31.8. The largest absolute Gasteiger partial charge is 0.481 e. The van der Waals surface area contributed by atoms with Gasteiger partial charge < -0.3 is 20.1 Å². The van der Waals surface area contributed by atoms with Crippen LogP contribution in [0.25, 0.3) is 0 Å². The average Bonchev–Trinajstić information content (AvgIpc) is 2.96. The molecule has 0 aromatic rings. The van der Waals surface area contributed by atoms with Gasteiger partial charge in [-0.15, -0.1) is 0 Å². The summed E-state index contributed by atoms with van der Waals surface area (Å²) in [6.07, 6.45) is 3.42. The van der Waals surface area contributed by atoms with Crippen LogP contribution in [0.4, 0.5) is 0 Å². The molecule has 0 radical (unpaired) electrons. The van der Waals surface area contributed by atoms with Crippen molar-refractivity contribution in [3.05, 3.63) is 12.2 Å². The smallest absolute Gasteiger partial charge is 0.307 e. The topological polar surface area (TPSA) is 87.0 Å². The number of aliphatic carboxylic acids is 1. The minimum absolute atomic E-state index is 0.143. The maximum absolute atomic E-state index is 12.4. The van der Waals surface area contributed by atoms with Gasteiger partial charge >= 0.3 is 5.97 Å². The number of rotatable bonds is 1. The molecule has 1 aliphatic heterocycles. The Morgan fingerprint density at radius 2 is 2.08 bits per heavy atom. The van der Waals surface area contributed by atoms with E-state index in [1.165, 1.54) is 0 Å². The molecule has 24 heavy (non-hydrogen) atoms. The summed E-state index contributed by atoms with van der Waals surface area (Å²) in [5.41, 5.74) is -1.52. The lowest BCUT2D eigenvalue weighted by atomic mass is 9.59. The zero-order valence-corrected chi connectivity index (χ0v) is 14.1. The van der Waals surface area contributed by atoms with E-state index in [0.717, 1.165) is 18.4 Å². The van der Waals surface area contributed by atoms with E-state index in [1.807, 2.05) is 6.92 Å². The van der Waals surface area contributed by atoms with Crippen molar-refractivity contribution >= 4 is 5.97 Å². The lowest BCUT2D eigenvalue weighted by molar-refractivity contribution is -0.153. The van der Waals surface area contributed by atoms with E-state index in [1.54, 1.807) is 0 Å². The monoisotopic (exact) mass is 334 g/mol. The van der Waals surface area contributed by atoms with Crippen LogP contribution in [0.3, 0.4) is 0 Å². The zero-order valence-electron chi connectivity index (χ0n) is 14.1. The van der Waals surface area contributed by atoms with Crippen LogP contribution < -0.4 is 0 Å². The van der Waals surface area contributed by atoms with Crippen LogP contribution in [0.2, 0.25) is 0 Å². The molecule has 132 valence electrons. The molecule has 0 aromatic heterocycles. The van der Waals surface area contributed by atoms with E-state index in [-0.39, 0.29) is 11.8 Å². The first-order valence-electron chi connectivity index (χ1n) is 9.15. The lowest BCUT2D eigenvalue weighted by Gasteiger charge is -2.47. The van der Waals surface area contributed by atoms with Crippen LogP contribution in [0.1, 0.15) is 45.4 Å². The molecule has 3 N–H and O–H groups in total. The quantitative estimate of drug-likeness (QED) is 0.636. The molecule has 5 nitrogen and oxygen atoms in total.